The molecule has 0 aliphatic rings. The lowest BCUT2D eigenvalue weighted by Crippen LogP contribution is -2.36. The van der Waals surface area contributed by atoms with Crippen LogP contribution in [0.5, 0.6) is 0 Å². The first-order valence-electron chi connectivity index (χ1n) is 7.56. The van der Waals surface area contributed by atoms with Gasteiger partial charge in [-0.3, -0.25) is 9.59 Å². The molecule has 0 aromatic carbocycles. The van der Waals surface area contributed by atoms with Gasteiger partial charge in [0, 0.05) is 11.8 Å². The van der Waals surface area contributed by atoms with E-state index in [1.165, 1.54) is 0 Å². The topological polar surface area (TPSA) is 115 Å². The van der Waals surface area contributed by atoms with Crippen LogP contribution in [0.4, 0.5) is 0 Å². The molecule has 1 atom stereocenters. The second-order valence-corrected chi connectivity index (χ2v) is 6.47. The maximum Gasteiger partial charge on any atom is 0.305 e. The maximum atomic E-state index is 9.70. The molecule has 0 saturated heterocycles. The summed E-state index contributed by atoms with van der Waals surface area (Å²) in [6.45, 7) is 12.8. The van der Waals surface area contributed by atoms with Crippen LogP contribution in [-0.2, 0) is 9.59 Å². The summed E-state index contributed by atoms with van der Waals surface area (Å²) < 4.78 is 0. The molecule has 1 unspecified atom stereocenters. The Labute approximate surface area is 134 Å². The molecular weight excluding hydrogens is 288 g/mol. The summed E-state index contributed by atoms with van der Waals surface area (Å²) in [4.78, 5) is 19.3. The van der Waals surface area contributed by atoms with Crippen LogP contribution >= 0.6 is 0 Å². The van der Waals surface area contributed by atoms with Crippen molar-refractivity contribution in [3.8, 4) is 0 Å². The highest BCUT2D eigenvalue weighted by Crippen LogP contribution is 2.24. The van der Waals surface area contributed by atoms with Crippen LogP contribution in [0.25, 0.3) is 0 Å². The molecule has 4 N–H and O–H groups in total. The van der Waals surface area contributed by atoms with Crippen LogP contribution < -0.4 is 0 Å². The quantitative estimate of drug-likeness (QED) is 0.597. The summed E-state index contributed by atoms with van der Waals surface area (Å²) in [6.07, 6.45) is 0.604. The number of hydrogen-bond donors (Lipinski definition) is 4. The van der Waals surface area contributed by atoms with Gasteiger partial charge in [-0.15, -0.1) is 0 Å². The van der Waals surface area contributed by atoms with E-state index in [1.807, 2.05) is 34.6 Å². The Bertz CT molecular complexity index is 297. The molecule has 0 saturated carbocycles. The summed E-state index contributed by atoms with van der Waals surface area (Å²) in [5.74, 6) is -1.47. The first kappa shape index (κ1) is 25.8. The van der Waals surface area contributed by atoms with Gasteiger partial charge in [0.2, 0.25) is 0 Å². The van der Waals surface area contributed by atoms with Crippen LogP contribution in [-0.4, -0.2) is 45.1 Å². The molecule has 0 radical (unpaired) electrons. The third-order valence-electron chi connectivity index (χ3n) is 2.80. The van der Waals surface area contributed by atoms with Crippen LogP contribution in [0.2, 0.25) is 0 Å². The molecule has 0 heterocycles. The summed E-state index contributed by atoms with van der Waals surface area (Å²) in [7, 11) is 0. The Morgan fingerprint density at radius 3 is 1.45 bits per heavy atom. The zero-order chi connectivity index (χ0) is 18.5. The normalized spacial score (nSPS) is 12.0. The van der Waals surface area contributed by atoms with Gasteiger partial charge in [0.15, 0.2) is 0 Å². The van der Waals surface area contributed by atoms with Crippen molar-refractivity contribution >= 4 is 11.9 Å². The van der Waals surface area contributed by atoms with Gasteiger partial charge in [-0.2, -0.15) is 0 Å². The smallest absolute Gasteiger partial charge is 0.305 e. The van der Waals surface area contributed by atoms with Crippen molar-refractivity contribution in [1.29, 1.82) is 0 Å². The number of aliphatic carboxylic acids is 2. The van der Waals surface area contributed by atoms with Crippen molar-refractivity contribution in [2.24, 2.45) is 17.3 Å². The number of rotatable bonds is 6. The minimum absolute atomic E-state index is 0.0341. The van der Waals surface area contributed by atoms with E-state index in [0.717, 1.165) is 6.42 Å². The average molecular weight is 322 g/mol. The van der Waals surface area contributed by atoms with Crippen molar-refractivity contribution in [2.75, 3.05) is 6.61 Å². The lowest BCUT2D eigenvalue weighted by molar-refractivity contribution is -0.140. The fourth-order valence-corrected chi connectivity index (χ4v) is 1.21. The van der Waals surface area contributed by atoms with E-state index < -0.39 is 18.0 Å². The largest absolute Gasteiger partial charge is 0.481 e. The SMILES string of the molecule is CC(C)C(=O)O.CC(C)C(O)C(C)(C)CO.CCCC(=O)O. The number of hydrogen-bond acceptors (Lipinski definition) is 4. The molecule has 0 aromatic heterocycles. The average Bonchev–Trinajstić information content (AvgIpc) is 2.38. The van der Waals surface area contributed by atoms with Gasteiger partial charge in [-0.05, 0) is 12.3 Å². The molecule has 0 aliphatic carbocycles. The van der Waals surface area contributed by atoms with E-state index in [9.17, 15) is 14.7 Å². The standard InChI is InChI=1S/C8H18O2.2C4H8O2/c1-6(2)7(10)8(3,4)5-9;1-3(2)4(5)6;1-2-3-4(5)6/h6-7,9-10H,5H2,1-4H3;3H,1-2H3,(H,5,6);2-3H2,1H3,(H,5,6). The summed E-state index contributed by atoms with van der Waals surface area (Å²) >= 11 is 0. The second-order valence-electron chi connectivity index (χ2n) is 6.47. The highest BCUT2D eigenvalue weighted by molar-refractivity contribution is 5.68. The third-order valence-corrected chi connectivity index (χ3v) is 2.80. The number of carbonyl (C=O) groups is 2. The predicted octanol–water partition coefficient (Wildman–Crippen LogP) is 2.62. The lowest BCUT2D eigenvalue weighted by atomic mass is 9.82. The van der Waals surface area contributed by atoms with Crippen molar-refractivity contribution in [2.45, 2.75) is 67.4 Å². The molecular formula is C16H34O6. The number of aliphatic hydroxyl groups is 2. The van der Waals surface area contributed by atoms with Gasteiger partial charge in [-0.25, -0.2) is 0 Å². The first-order chi connectivity index (χ1) is 9.83. The van der Waals surface area contributed by atoms with Gasteiger partial charge in [-0.1, -0.05) is 48.5 Å². The third kappa shape index (κ3) is 16.9. The van der Waals surface area contributed by atoms with Gasteiger partial charge in [0.05, 0.1) is 18.6 Å². The van der Waals surface area contributed by atoms with Crippen LogP contribution in [0.1, 0.15) is 61.3 Å². The molecule has 0 aromatic rings. The minimum atomic E-state index is -0.741. The Kier molecular flexibility index (Phi) is 15.8. The zero-order valence-corrected chi connectivity index (χ0v) is 15.0. The zero-order valence-electron chi connectivity index (χ0n) is 15.0. The Balaban J connectivity index is -0.000000261. The van der Waals surface area contributed by atoms with Crippen LogP contribution in [0.15, 0.2) is 0 Å². The highest BCUT2D eigenvalue weighted by Gasteiger charge is 2.28. The van der Waals surface area contributed by atoms with E-state index in [1.54, 1.807) is 13.8 Å². The molecule has 0 spiro atoms. The fraction of sp³-hybridized carbons (Fsp3) is 0.875. The summed E-state index contributed by atoms with van der Waals surface area (Å²) in [5.41, 5.74) is -0.367. The van der Waals surface area contributed by atoms with E-state index in [4.69, 9.17) is 15.3 Å². The lowest BCUT2D eigenvalue weighted by Gasteiger charge is -2.30. The van der Waals surface area contributed by atoms with E-state index >= 15 is 0 Å². The number of aliphatic hydroxyl groups excluding tert-OH is 2. The second kappa shape index (κ2) is 13.5. The predicted molar refractivity (Wildman–Crippen MR) is 86.7 cm³/mol. The molecule has 0 amide bonds. The molecule has 0 bridgehead atoms. The van der Waals surface area contributed by atoms with Crippen LogP contribution in [0.3, 0.4) is 0 Å². The molecule has 0 aliphatic heterocycles. The number of carboxylic acids is 2. The van der Waals surface area contributed by atoms with Crippen LogP contribution in [0, 0.1) is 17.3 Å². The fourth-order valence-electron chi connectivity index (χ4n) is 1.21. The monoisotopic (exact) mass is 322 g/mol. The Morgan fingerprint density at radius 1 is 1.05 bits per heavy atom. The molecule has 134 valence electrons. The van der Waals surface area contributed by atoms with Gasteiger partial charge in [0.1, 0.15) is 0 Å². The van der Waals surface area contributed by atoms with Gasteiger partial charge < -0.3 is 20.4 Å². The highest BCUT2D eigenvalue weighted by atomic mass is 16.4. The van der Waals surface area contributed by atoms with Crippen molar-refractivity contribution in [3.05, 3.63) is 0 Å². The van der Waals surface area contributed by atoms with Gasteiger partial charge >= 0.3 is 11.9 Å². The summed E-state index contributed by atoms with van der Waals surface area (Å²) in [6, 6.07) is 0. The molecule has 22 heavy (non-hydrogen) atoms. The maximum absolute atomic E-state index is 9.70. The first-order valence-corrected chi connectivity index (χ1v) is 7.56. The minimum Gasteiger partial charge on any atom is -0.481 e. The van der Waals surface area contributed by atoms with E-state index in [0.29, 0.717) is 6.42 Å². The molecule has 6 nitrogen and oxygen atoms in total. The molecule has 0 rings (SSSR count). The summed E-state index contributed by atoms with van der Waals surface area (Å²) in [5, 5.41) is 34.3. The molecule has 0 fully saturated rings. The molecule has 6 heteroatoms. The van der Waals surface area contributed by atoms with Crippen molar-refractivity contribution in [1.82, 2.24) is 0 Å². The van der Waals surface area contributed by atoms with Crippen molar-refractivity contribution in [3.63, 3.8) is 0 Å². The Hall–Kier alpha value is -1.14. The van der Waals surface area contributed by atoms with E-state index in [2.05, 4.69) is 0 Å². The number of carboxylic acid groups (broad SMARTS) is 2. The Morgan fingerprint density at radius 2 is 1.41 bits per heavy atom. The van der Waals surface area contributed by atoms with Crippen molar-refractivity contribution < 1.29 is 30.0 Å². The van der Waals surface area contributed by atoms with Gasteiger partial charge in [0.25, 0.3) is 0 Å². The van der Waals surface area contributed by atoms with E-state index in [-0.39, 0.29) is 23.9 Å².